The lowest BCUT2D eigenvalue weighted by Crippen LogP contribution is -2.08. The standard InChI is InChI=1S/C12H12F3N3/c13-12(14,15)11-4-3-10(7-9(11)8-17)18-6-2-1-5-16/h1-4,7,18H,5-6,16H2/b2-1+. The molecule has 0 spiro atoms. The summed E-state index contributed by atoms with van der Waals surface area (Å²) in [5.74, 6) is 0. The fraction of sp³-hybridized carbons (Fsp3) is 0.250. The van der Waals surface area contributed by atoms with Gasteiger partial charge in [-0.1, -0.05) is 12.2 Å². The summed E-state index contributed by atoms with van der Waals surface area (Å²) in [6.45, 7) is 0.839. The third-order valence-electron chi connectivity index (χ3n) is 2.17. The first kappa shape index (κ1) is 14.1. The number of halogens is 3. The number of nitrogens with zero attached hydrogens (tertiary/aromatic N) is 1. The third kappa shape index (κ3) is 3.79. The monoisotopic (exact) mass is 255 g/mol. The van der Waals surface area contributed by atoms with Crippen molar-refractivity contribution < 1.29 is 13.2 Å². The minimum atomic E-state index is -4.51. The molecule has 0 amide bonds. The van der Waals surface area contributed by atoms with E-state index < -0.39 is 17.3 Å². The molecule has 96 valence electrons. The largest absolute Gasteiger partial charge is 0.417 e. The summed E-state index contributed by atoms with van der Waals surface area (Å²) in [7, 11) is 0. The Balaban J connectivity index is 2.87. The van der Waals surface area contributed by atoms with Gasteiger partial charge in [0, 0.05) is 18.8 Å². The van der Waals surface area contributed by atoms with E-state index in [1.54, 1.807) is 18.2 Å². The summed E-state index contributed by atoms with van der Waals surface area (Å²) in [6, 6.07) is 4.91. The van der Waals surface area contributed by atoms with Crippen molar-refractivity contribution in [1.29, 1.82) is 5.26 Å². The van der Waals surface area contributed by atoms with E-state index in [9.17, 15) is 13.2 Å². The van der Waals surface area contributed by atoms with Crippen LogP contribution in [-0.4, -0.2) is 13.1 Å². The molecule has 1 aromatic carbocycles. The molecule has 3 nitrogen and oxygen atoms in total. The zero-order chi connectivity index (χ0) is 13.6. The van der Waals surface area contributed by atoms with Gasteiger partial charge in [0.1, 0.15) is 0 Å². The van der Waals surface area contributed by atoms with Crippen LogP contribution in [0.4, 0.5) is 18.9 Å². The summed E-state index contributed by atoms with van der Waals surface area (Å²) >= 11 is 0. The quantitative estimate of drug-likeness (QED) is 0.812. The van der Waals surface area contributed by atoms with Gasteiger partial charge < -0.3 is 11.1 Å². The summed E-state index contributed by atoms with van der Waals surface area (Å²) in [6.07, 6.45) is -1.03. The highest BCUT2D eigenvalue weighted by Crippen LogP contribution is 2.32. The number of nitrogens with two attached hydrogens (primary N) is 1. The highest BCUT2D eigenvalue weighted by Gasteiger charge is 2.33. The van der Waals surface area contributed by atoms with Gasteiger partial charge in [0.05, 0.1) is 17.2 Å². The average Bonchev–Trinajstić information content (AvgIpc) is 2.33. The lowest BCUT2D eigenvalue weighted by Gasteiger charge is -2.10. The van der Waals surface area contributed by atoms with Gasteiger partial charge in [0.15, 0.2) is 0 Å². The van der Waals surface area contributed by atoms with Gasteiger partial charge in [-0.3, -0.25) is 0 Å². The Hall–Kier alpha value is -2.00. The average molecular weight is 255 g/mol. The van der Waals surface area contributed by atoms with E-state index in [2.05, 4.69) is 5.32 Å². The van der Waals surface area contributed by atoms with Crippen LogP contribution < -0.4 is 11.1 Å². The van der Waals surface area contributed by atoms with Crippen molar-refractivity contribution in [2.24, 2.45) is 5.73 Å². The topological polar surface area (TPSA) is 61.8 Å². The zero-order valence-corrected chi connectivity index (χ0v) is 9.46. The highest BCUT2D eigenvalue weighted by molar-refractivity contribution is 5.53. The Morgan fingerprint density at radius 2 is 2.06 bits per heavy atom. The van der Waals surface area contributed by atoms with Crippen molar-refractivity contribution in [3.8, 4) is 6.07 Å². The van der Waals surface area contributed by atoms with E-state index in [1.807, 2.05) is 0 Å². The number of benzene rings is 1. The number of hydrogen-bond acceptors (Lipinski definition) is 3. The Bertz CT molecular complexity index is 472. The molecule has 0 atom stereocenters. The maximum absolute atomic E-state index is 12.5. The Morgan fingerprint density at radius 3 is 2.61 bits per heavy atom. The van der Waals surface area contributed by atoms with Crippen LogP contribution >= 0.6 is 0 Å². The van der Waals surface area contributed by atoms with Gasteiger partial charge in [-0.05, 0) is 18.2 Å². The molecule has 0 saturated carbocycles. The van der Waals surface area contributed by atoms with Crippen LogP contribution in [-0.2, 0) is 6.18 Å². The Labute approximate surface area is 103 Å². The molecule has 0 unspecified atom stereocenters. The summed E-state index contributed by atoms with van der Waals surface area (Å²) in [5.41, 5.74) is 4.38. The molecule has 0 aliphatic rings. The number of alkyl halides is 3. The van der Waals surface area contributed by atoms with E-state index in [1.165, 1.54) is 12.1 Å². The van der Waals surface area contributed by atoms with Crippen LogP contribution in [0.2, 0.25) is 0 Å². The van der Waals surface area contributed by atoms with E-state index in [-0.39, 0.29) is 0 Å². The highest BCUT2D eigenvalue weighted by atomic mass is 19.4. The van der Waals surface area contributed by atoms with Gasteiger partial charge >= 0.3 is 6.18 Å². The van der Waals surface area contributed by atoms with Crippen molar-refractivity contribution in [1.82, 2.24) is 0 Å². The molecule has 0 heterocycles. The first-order chi connectivity index (χ1) is 8.49. The molecule has 0 saturated heterocycles. The van der Waals surface area contributed by atoms with Crippen LogP contribution in [0.3, 0.4) is 0 Å². The number of hydrogen-bond donors (Lipinski definition) is 2. The lowest BCUT2D eigenvalue weighted by atomic mass is 10.1. The first-order valence-electron chi connectivity index (χ1n) is 5.19. The van der Waals surface area contributed by atoms with Crippen LogP contribution in [0.25, 0.3) is 0 Å². The molecule has 0 aliphatic heterocycles. The molecule has 0 radical (unpaired) electrons. The second-order valence-corrected chi connectivity index (χ2v) is 3.46. The summed E-state index contributed by atoms with van der Waals surface area (Å²) in [5, 5.41) is 11.6. The number of nitrogens with one attached hydrogen (secondary N) is 1. The van der Waals surface area contributed by atoms with Crippen molar-refractivity contribution >= 4 is 5.69 Å². The van der Waals surface area contributed by atoms with Crippen molar-refractivity contribution in [2.75, 3.05) is 18.4 Å². The molecule has 1 aromatic rings. The molecule has 1 rings (SSSR count). The maximum atomic E-state index is 12.5. The Morgan fingerprint density at radius 1 is 1.33 bits per heavy atom. The molecule has 0 fully saturated rings. The molecule has 0 bridgehead atoms. The fourth-order valence-electron chi connectivity index (χ4n) is 1.35. The number of nitriles is 1. The smallest absolute Gasteiger partial charge is 0.382 e. The molecule has 0 aromatic heterocycles. The molecule has 6 heteroatoms. The predicted octanol–water partition coefficient (Wildman–Crippen LogP) is 2.50. The molecule has 18 heavy (non-hydrogen) atoms. The maximum Gasteiger partial charge on any atom is 0.417 e. The van der Waals surface area contributed by atoms with E-state index in [0.29, 0.717) is 18.8 Å². The second-order valence-electron chi connectivity index (χ2n) is 3.46. The summed E-state index contributed by atoms with van der Waals surface area (Å²) in [4.78, 5) is 0. The minimum absolute atomic E-state index is 0.393. The van der Waals surface area contributed by atoms with Crippen LogP contribution in [0.15, 0.2) is 30.4 Å². The van der Waals surface area contributed by atoms with Crippen molar-refractivity contribution in [2.45, 2.75) is 6.18 Å². The van der Waals surface area contributed by atoms with Gasteiger partial charge in [-0.25, -0.2) is 0 Å². The van der Waals surface area contributed by atoms with Gasteiger partial charge in [0.25, 0.3) is 0 Å². The van der Waals surface area contributed by atoms with Gasteiger partial charge in [-0.15, -0.1) is 0 Å². The molecular weight excluding hydrogens is 243 g/mol. The second kappa shape index (κ2) is 6.07. The normalized spacial score (nSPS) is 11.5. The van der Waals surface area contributed by atoms with Crippen molar-refractivity contribution in [3.63, 3.8) is 0 Å². The SMILES string of the molecule is N#Cc1cc(NC/C=C/CN)ccc1C(F)(F)F. The lowest BCUT2D eigenvalue weighted by molar-refractivity contribution is -0.137. The fourth-order valence-corrected chi connectivity index (χ4v) is 1.35. The summed E-state index contributed by atoms with van der Waals surface area (Å²) < 4.78 is 37.6. The minimum Gasteiger partial charge on any atom is -0.382 e. The molecular formula is C12H12F3N3. The van der Waals surface area contributed by atoms with Gasteiger partial charge in [0.2, 0.25) is 0 Å². The predicted molar refractivity (Wildman–Crippen MR) is 62.8 cm³/mol. The van der Waals surface area contributed by atoms with E-state index >= 15 is 0 Å². The number of anilines is 1. The third-order valence-corrected chi connectivity index (χ3v) is 2.17. The zero-order valence-electron chi connectivity index (χ0n) is 9.46. The van der Waals surface area contributed by atoms with Gasteiger partial charge in [-0.2, -0.15) is 18.4 Å². The number of rotatable bonds is 4. The van der Waals surface area contributed by atoms with Crippen molar-refractivity contribution in [3.05, 3.63) is 41.5 Å². The Kier molecular flexibility index (Phi) is 4.75. The van der Waals surface area contributed by atoms with E-state index in [0.717, 1.165) is 6.07 Å². The molecule has 3 N–H and O–H groups in total. The van der Waals surface area contributed by atoms with Crippen LogP contribution in [0.1, 0.15) is 11.1 Å². The molecule has 0 aliphatic carbocycles. The first-order valence-corrected chi connectivity index (χ1v) is 5.19. The van der Waals surface area contributed by atoms with Crippen LogP contribution in [0, 0.1) is 11.3 Å². The van der Waals surface area contributed by atoms with Crippen LogP contribution in [0.5, 0.6) is 0 Å². The van der Waals surface area contributed by atoms with E-state index in [4.69, 9.17) is 11.0 Å².